The lowest BCUT2D eigenvalue weighted by atomic mass is 10.2. The number of ether oxygens (including phenoxy) is 1. The van der Waals surface area contributed by atoms with Gasteiger partial charge in [0, 0.05) is 16.6 Å². The van der Waals surface area contributed by atoms with Gasteiger partial charge in [-0.3, -0.25) is 0 Å². The van der Waals surface area contributed by atoms with Crippen molar-refractivity contribution in [2.75, 3.05) is 7.11 Å². The fourth-order valence-electron chi connectivity index (χ4n) is 1.85. The molecule has 0 saturated heterocycles. The number of aromatic nitrogens is 1. The normalized spacial score (nSPS) is 10.6. The van der Waals surface area contributed by atoms with E-state index in [1.807, 2.05) is 31.2 Å². The summed E-state index contributed by atoms with van der Waals surface area (Å²) in [5.41, 5.74) is 1.77. The van der Waals surface area contributed by atoms with E-state index in [0.717, 1.165) is 22.3 Å². The molecule has 4 heteroatoms. The van der Waals surface area contributed by atoms with E-state index in [-0.39, 0.29) is 6.54 Å². The molecule has 1 aromatic heterocycles. The van der Waals surface area contributed by atoms with Gasteiger partial charge in [0.05, 0.1) is 19.6 Å². The number of methoxy groups -OCH3 is 1. The highest BCUT2D eigenvalue weighted by Crippen LogP contribution is 2.24. The van der Waals surface area contributed by atoms with Crippen LogP contribution < -0.4 is 9.84 Å². The molecule has 0 bridgehead atoms. The van der Waals surface area contributed by atoms with Gasteiger partial charge in [0.1, 0.15) is 5.75 Å². The van der Waals surface area contributed by atoms with E-state index in [1.54, 1.807) is 11.7 Å². The van der Waals surface area contributed by atoms with Crippen molar-refractivity contribution in [1.82, 2.24) is 4.57 Å². The third-order valence-corrected chi connectivity index (χ3v) is 2.60. The van der Waals surface area contributed by atoms with Gasteiger partial charge in [-0.25, -0.2) is 0 Å². The minimum atomic E-state index is -1.09. The summed E-state index contributed by atoms with van der Waals surface area (Å²) in [6.45, 7) is 1.75. The first-order valence-corrected chi connectivity index (χ1v) is 4.95. The Morgan fingerprint density at radius 2 is 2.19 bits per heavy atom. The molecule has 0 atom stereocenters. The van der Waals surface area contributed by atoms with Gasteiger partial charge in [-0.2, -0.15) is 0 Å². The van der Waals surface area contributed by atoms with Gasteiger partial charge in [-0.1, -0.05) is 0 Å². The maximum Gasteiger partial charge on any atom is 0.119 e. The summed E-state index contributed by atoms with van der Waals surface area (Å²) in [7, 11) is 1.60. The Morgan fingerprint density at radius 1 is 1.44 bits per heavy atom. The predicted octanol–water partition coefficient (Wildman–Crippen LogP) is 0.708. The van der Waals surface area contributed by atoms with E-state index in [1.165, 1.54) is 0 Å². The molecule has 0 aliphatic heterocycles. The van der Waals surface area contributed by atoms with Crippen LogP contribution >= 0.6 is 0 Å². The number of hydrogen-bond acceptors (Lipinski definition) is 3. The molecule has 1 aromatic carbocycles. The lowest BCUT2D eigenvalue weighted by molar-refractivity contribution is -0.306. The second-order valence-electron chi connectivity index (χ2n) is 3.67. The molecule has 0 spiro atoms. The Labute approximate surface area is 93.1 Å². The fourth-order valence-corrected chi connectivity index (χ4v) is 1.85. The number of aryl methyl sites for hydroxylation is 1. The molecule has 0 aliphatic carbocycles. The van der Waals surface area contributed by atoms with E-state index in [2.05, 4.69) is 0 Å². The Morgan fingerprint density at radius 3 is 2.81 bits per heavy atom. The van der Waals surface area contributed by atoms with Gasteiger partial charge >= 0.3 is 0 Å². The minimum absolute atomic E-state index is 0.123. The summed E-state index contributed by atoms with van der Waals surface area (Å²) in [4.78, 5) is 10.6. The third-order valence-electron chi connectivity index (χ3n) is 2.60. The number of carbonyl (C=O) groups is 1. The number of rotatable bonds is 3. The Bertz CT molecular complexity index is 542. The molecule has 0 radical (unpaired) electrons. The summed E-state index contributed by atoms with van der Waals surface area (Å²) < 4.78 is 6.83. The highest BCUT2D eigenvalue weighted by Gasteiger charge is 2.06. The number of fused-ring (bicyclic) bond motifs is 1. The number of hydrogen-bond donors (Lipinski definition) is 0. The van der Waals surface area contributed by atoms with Crippen LogP contribution in [-0.4, -0.2) is 17.6 Å². The zero-order valence-corrected chi connectivity index (χ0v) is 9.19. The average Bonchev–Trinajstić information content (AvgIpc) is 2.54. The molecule has 2 aromatic rings. The molecule has 0 aliphatic rings. The third kappa shape index (κ3) is 1.74. The van der Waals surface area contributed by atoms with Crippen molar-refractivity contribution in [3.8, 4) is 5.75 Å². The molecule has 0 saturated carbocycles. The molecule has 0 N–H and O–H groups in total. The smallest absolute Gasteiger partial charge is 0.119 e. The van der Waals surface area contributed by atoms with Crippen molar-refractivity contribution in [3.05, 3.63) is 30.0 Å². The average molecular weight is 218 g/mol. The number of carboxylic acid groups (broad SMARTS) is 1. The van der Waals surface area contributed by atoms with Gasteiger partial charge in [-0.05, 0) is 31.2 Å². The van der Waals surface area contributed by atoms with Gasteiger partial charge in [0.15, 0.2) is 0 Å². The van der Waals surface area contributed by atoms with Gasteiger partial charge < -0.3 is 19.2 Å². The molecule has 16 heavy (non-hydrogen) atoms. The number of aliphatic carboxylic acids is 1. The molecule has 1 heterocycles. The quantitative estimate of drug-likeness (QED) is 0.762. The van der Waals surface area contributed by atoms with Crippen molar-refractivity contribution in [1.29, 1.82) is 0 Å². The van der Waals surface area contributed by atoms with Gasteiger partial charge in [-0.15, -0.1) is 0 Å². The molecule has 0 amide bonds. The molecule has 2 rings (SSSR count). The van der Waals surface area contributed by atoms with Crippen LogP contribution in [0.5, 0.6) is 5.75 Å². The standard InChI is InChI=1S/C12H13NO3/c1-8-5-9-6-10(16-2)3-4-11(9)13(8)7-12(14)15/h3-6H,7H2,1-2H3,(H,14,15)/p-1. The molecule has 84 valence electrons. The van der Waals surface area contributed by atoms with Crippen LogP contribution in [0.1, 0.15) is 5.69 Å². The number of nitrogens with zero attached hydrogens (tertiary/aromatic N) is 1. The van der Waals surface area contributed by atoms with Crippen LogP contribution in [0.2, 0.25) is 0 Å². The Hall–Kier alpha value is -1.97. The van der Waals surface area contributed by atoms with Crippen LogP contribution in [0, 0.1) is 6.92 Å². The lowest BCUT2D eigenvalue weighted by Crippen LogP contribution is -2.27. The van der Waals surface area contributed by atoms with E-state index in [9.17, 15) is 9.90 Å². The molecule has 0 unspecified atom stereocenters. The second kappa shape index (κ2) is 3.89. The molecule has 0 fully saturated rings. The zero-order chi connectivity index (χ0) is 11.7. The first-order valence-electron chi connectivity index (χ1n) is 4.95. The largest absolute Gasteiger partial charge is 0.548 e. The van der Waals surface area contributed by atoms with E-state index < -0.39 is 5.97 Å². The predicted molar refractivity (Wildman–Crippen MR) is 58.2 cm³/mol. The summed E-state index contributed by atoms with van der Waals surface area (Å²) in [5, 5.41) is 11.6. The van der Waals surface area contributed by atoms with Crippen molar-refractivity contribution in [3.63, 3.8) is 0 Å². The lowest BCUT2D eigenvalue weighted by Gasteiger charge is -2.08. The fraction of sp³-hybridized carbons (Fsp3) is 0.250. The summed E-state index contributed by atoms with van der Waals surface area (Å²) >= 11 is 0. The molecular formula is C12H12NO3-. The number of benzene rings is 1. The van der Waals surface area contributed by atoms with Crippen LogP contribution in [0.25, 0.3) is 10.9 Å². The summed E-state index contributed by atoms with van der Waals surface area (Å²) in [5.74, 6) is -0.325. The number of carbonyl (C=O) groups excluding carboxylic acids is 1. The van der Waals surface area contributed by atoms with E-state index >= 15 is 0 Å². The number of carboxylic acids is 1. The maximum absolute atomic E-state index is 10.6. The topological polar surface area (TPSA) is 54.3 Å². The van der Waals surface area contributed by atoms with Crippen LogP contribution in [0.3, 0.4) is 0 Å². The Balaban J connectivity index is 2.57. The van der Waals surface area contributed by atoms with E-state index in [0.29, 0.717) is 0 Å². The summed E-state index contributed by atoms with van der Waals surface area (Å²) in [6.07, 6.45) is 0. The second-order valence-corrected chi connectivity index (χ2v) is 3.67. The van der Waals surface area contributed by atoms with Gasteiger partial charge in [0.2, 0.25) is 0 Å². The zero-order valence-electron chi connectivity index (χ0n) is 9.19. The van der Waals surface area contributed by atoms with Crippen LogP contribution in [0.4, 0.5) is 0 Å². The van der Waals surface area contributed by atoms with Gasteiger partial charge in [0.25, 0.3) is 0 Å². The SMILES string of the molecule is COc1ccc2c(c1)cc(C)n2CC(=O)[O-]. The summed E-state index contributed by atoms with van der Waals surface area (Å²) in [6, 6.07) is 7.48. The minimum Gasteiger partial charge on any atom is -0.548 e. The Kier molecular flexibility index (Phi) is 2.56. The van der Waals surface area contributed by atoms with E-state index in [4.69, 9.17) is 4.74 Å². The first-order chi connectivity index (χ1) is 7.61. The highest BCUT2D eigenvalue weighted by atomic mass is 16.5. The van der Waals surface area contributed by atoms with Crippen molar-refractivity contribution in [2.24, 2.45) is 0 Å². The maximum atomic E-state index is 10.6. The van der Waals surface area contributed by atoms with Crippen molar-refractivity contribution >= 4 is 16.9 Å². The van der Waals surface area contributed by atoms with Crippen molar-refractivity contribution in [2.45, 2.75) is 13.5 Å². The van der Waals surface area contributed by atoms with Crippen LogP contribution in [-0.2, 0) is 11.3 Å². The highest BCUT2D eigenvalue weighted by molar-refractivity contribution is 5.84. The van der Waals surface area contributed by atoms with Crippen molar-refractivity contribution < 1.29 is 14.6 Å². The molecule has 4 nitrogen and oxygen atoms in total. The monoisotopic (exact) mass is 218 g/mol. The van der Waals surface area contributed by atoms with Crippen LogP contribution in [0.15, 0.2) is 24.3 Å². The first kappa shape index (κ1) is 10.5. The molecular weight excluding hydrogens is 206 g/mol.